The Bertz CT molecular complexity index is 362. The maximum atomic E-state index is 11.4. The quantitative estimate of drug-likeness (QED) is 0.693. The van der Waals surface area contributed by atoms with Crippen molar-refractivity contribution >= 4 is 5.91 Å². The van der Waals surface area contributed by atoms with E-state index in [2.05, 4.69) is 26.8 Å². The SMILES string of the molecule is N#CC(NC(=O)c1cn[nH]n1)C1CC1. The average Bonchev–Trinajstić information content (AvgIpc) is 2.88. The monoisotopic (exact) mass is 191 g/mol. The van der Waals surface area contributed by atoms with Crippen LogP contribution >= 0.6 is 0 Å². The van der Waals surface area contributed by atoms with E-state index in [1.807, 2.05) is 0 Å². The van der Waals surface area contributed by atoms with Crippen molar-refractivity contribution in [2.24, 2.45) is 5.92 Å². The van der Waals surface area contributed by atoms with Crippen molar-refractivity contribution in [3.05, 3.63) is 11.9 Å². The van der Waals surface area contributed by atoms with Gasteiger partial charge >= 0.3 is 0 Å². The molecular weight excluding hydrogens is 182 g/mol. The Morgan fingerprint density at radius 3 is 3.07 bits per heavy atom. The summed E-state index contributed by atoms with van der Waals surface area (Å²) in [6.45, 7) is 0. The molecule has 0 radical (unpaired) electrons. The first-order valence-corrected chi connectivity index (χ1v) is 4.37. The van der Waals surface area contributed by atoms with Gasteiger partial charge in [-0.1, -0.05) is 0 Å². The minimum absolute atomic E-state index is 0.214. The third-order valence-corrected chi connectivity index (χ3v) is 2.17. The van der Waals surface area contributed by atoms with Gasteiger partial charge in [0, 0.05) is 0 Å². The summed E-state index contributed by atoms with van der Waals surface area (Å²) in [5.74, 6) is -0.0342. The highest BCUT2D eigenvalue weighted by Crippen LogP contribution is 2.32. The molecular formula is C8H9N5O. The summed E-state index contributed by atoms with van der Waals surface area (Å²) in [5.41, 5.74) is 0.214. The second-order valence-corrected chi connectivity index (χ2v) is 3.27. The standard InChI is InChI=1S/C8H9N5O/c9-3-6(5-1-2-5)11-8(14)7-4-10-13-12-7/h4-6H,1-2H2,(H,11,14)(H,10,12,13). The molecule has 1 fully saturated rings. The van der Waals surface area contributed by atoms with E-state index >= 15 is 0 Å². The molecule has 0 aliphatic heterocycles. The molecule has 72 valence electrons. The molecule has 1 unspecified atom stereocenters. The summed E-state index contributed by atoms with van der Waals surface area (Å²) in [6.07, 6.45) is 3.35. The van der Waals surface area contributed by atoms with Crippen LogP contribution in [0.1, 0.15) is 23.3 Å². The van der Waals surface area contributed by atoms with Gasteiger partial charge in [-0.15, -0.1) is 0 Å². The summed E-state index contributed by atoms with van der Waals surface area (Å²) in [4.78, 5) is 11.4. The number of nitriles is 1. The molecule has 1 saturated carbocycles. The Kier molecular flexibility index (Phi) is 2.14. The number of carbonyl (C=O) groups is 1. The Morgan fingerprint density at radius 2 is 2.57 bits per heavy atom. The van der Waals surface area contributed by atoms with Gasteiger partial charge in [0.2, 0.25) is 0 Å². The number of amides is 1. The third-order valence-electron chi connectivity index (χ3n) is 2.17. The lowest BCUT2D eigenvalue weighted by Gasteiger charge is -2.07. The molecule has 1 aliphatic carbocycles. The summed E-state index contributed by atoms with van der Waals surface area (Å²) >= 11 is 0. The number of H-pyrrole nitrogens is 1. The smallest absolute Gasteiger partial charge is 0.274 e. The molecule has 6 nitrogen and oxygen atoms in total. The first kappa shape index (κ1) is 8.69. The lowest BCUT2D eigenvalue weighted by Crippen LogP contribution is -2.35. The van der Waals surface area contributed by atoms with E-state index in [-0.39, 0.29) is 17.6 Å². The molecule has 1 atom stereocenters. The minimum atomic E-state index is -0.390. The molecule has 1 aromatic rings. The predicted molar refractivity (Wildman–Crippen MR) is 46.0 cm³/mol. The fourth-order valence-corrected chi connectivity index (χ4v) is 1.21. The number of aromatic nitrogens is 3. The van der Waals surface area contributed by atoms with Crippen LogP contribution in [0.15, 0.2) is 6.20 Å². The van der Waals surface area contributed by atoms with Gasteiger partial charge in [-0.25, -0.2) is 0 Å². The molecule has 0 saturated heterocycles. The first-order chi connectivity index (χ1) is 6.81. The fraction of sp³-hybridized carbons (Fsp3) is 0.500. The van der Waals surface area contributed by atoms with Crippen molar-refractivity contribution < 1.29 is 4.79 Å². The molecule has 1 aromatic heterocycles. The van der Waals surface area contributed by atoms with E-state index in [1.54, 1.807) is 0 Å². The van der Waals surface area contributed by atoms with E-state index < -0.39 is 0 Å². The Labute approximate surface area is 80.3 Å². The lowest BCUT2D eigenvalue weighted by atomic mass is 10.2. The fourth-order valence-electron chi connectivity index (χ4n) is 1.21. The average molecular weight is 191 g/mol. The van der Waals surface area contributed by atoms with Gasteiger partial charge < -0.3 is 5.32 Å². The highest BCUT2D eigenvalue weighted by molar-refractivity contribution is 5.92. The predicted octanol–water partition coefficient (Wildman–Crippen LogP) is -0.163. The molecule has 2 rings (SSSR count). The molecule has 1 heterocycles. The molecule has 1 aliphatic rings. The van der Waals surface area contributed by atoms with Crippen LogP contribution in [0.25, 0.3) is 0 Å². The number of nitrogens with one attached hydrogen (secondary N) is 2. The summed E-state index contributed by atoms with van der Waals surface area (Å²) in [7, 11) is 0. The largest absolute Gasteiger partial charge is 0.335 e. The second-order valence-electron chi connectivity index (χ2n) is 3.27. The molecule has 0 spiro atoms. The molecule has 2 N–H and O–H groups in total. The van der Waals surface area contributed by atoms with E-state index in [0.29, 0.717) is 5.92 Å². The zero-order valence-electron chi connectivity index (χ0n) is 7.40. The number of aromatic amines is 1. The van der Waals surface area contributed by atoms with Crippen molar-refractivity contribution in [1.29, 1.82) is 5.26 Å². The van der Waals surface area contributed by atoms with Crippen LogP contribution in [-0.2, 0) is 0 Å². The molecule has 1 amide bonds. The summed E-state index contributed by atoms with van der Waals surface area (Å²) in [5, 5.41) is 20.9. The Hall–Kier alpha value is -1.90. The van der Waals surface area contributed by atoms with Gasteiger partial charge in [0.05, 0.1) is 12.3 Å². The van der Waals surface area contributed by atoms with Crippen LogP contribution in [-0.4, -0.2) is 27.4 Å². The lowest BCUT2D eigenvalue weighted by molar-refractivity contribution is 0.0937. The molecule has 14 heavy (non-hydrogen) atoms. The van der Waals surface area contributed by atoms with Gasteiger partial charge in [-0.3, -0.25) is 4.79 Å². The van der Waals surface area contributed by atoms with Crippen molar-refractivity contribution in [2.75, 3.05) is 0 Å². The Morgan fingerprint density at radius 1 is 1.79 bits per heavy atom. The van der Waals surface area contributed by atoms with Crippen molar-refractivity contribution in [2.45, 2.75) is 18.9 Å². The molecule has 0 aromatic carbocycles. The highest BCUT2D eigenvalue weighted by Gasteiger charge is 2.32. The van der Waals surface area contributed by atoms with Crippen LogP contribution in [0.4, 0.5) is 0 Å². The van der Waals surface area contributed by atoms with Gasteiger partial charge in [-0.05, 0) is 18.8 Å². The van der Waals surface area contributed by atoms with Gasteiger partial charge in [-0.2, -0.15) is 20.7 Å². The zero-order valence-corrected chi connectivity index (χ0v) is 7.40. The van der Waals surface area contributed by atoms with Gasteiger partial charge in [0.25, 0.3) is 5.91 Å². The maximum absolute atomic E-state index is 11.4. The van der Waals surface area contributed by atoms with E-state index in [9.17, 15) is 4.79 Å². The number of carbonyl (C=O) groups excluding carboxylic acids is 1. The molecule has 6 heteroatoms. The van der Waals surface area contributed by atoms with Crippen molar-refractivity contribution in [3.8, 4) is 6.07 Å². The van der Waals surface area contributed by atoms with Crippen LogP contribution in [0.3, 0.4) is 0 Å². The van der Waals surface area contributed by atoms with Crippen molar-refractivity contribution in [1.82, 2.24) is 20.7 Å². The van der Waals surface area contributed by atoms with Crippen LogP contribution in [0, 0.1) is 17.2 Å². The van der Waals surface area contributed by atoms with E-state index in [0.717, 1.165) is 12.8 Å². The van der Waals surface area contributed by atoms with Gasteiger partial charge in [0.1, 0.15) is 6.04 Å². The number of rotatable bonds is 3. The van der Waals surface area contributed by atoms with E-state index in [4.69, 9.17) is 5.26 Å². The van der Waals surface area contributed by atoms with E-state index in [1.165, 1.54) is 6.20 Å². The van der Waals surface area contributed by atoms with Crippen LogP contribution in [0.5, 0.6) is 0 Å². The summed E-state index contributed by atoms with van der Waals surface area (Å²) < 4.78 is 0. The van der Waals surface area contributed by atoms with Crippen molar-refractivity contribution in [3.63, 3.8) is 0 Å². The van der Waals surface area contributed by atoms with Crippen LogP contribution < -0.4 is 5.32 Å². The third kappa shape index (κ3) is 1.71. The summed E-state index contributed by atoms with van der Waals surface area (Å²) in [6, 6.07) is 1.68. The molecule has 0 bridgehead atoms. The number of nitrogens with zero attached hydrogens (tertiary/aromatic N) is 3. The second kappa shape index (κ2) is 3.46. The number of hydrogen-bond donors (Lipinski definition) is 2. The Balaban J connectivity index is 1.97. The van der Waals surface area contributed by atoms with Gasteiger partial charge in [0.15, 0.2) is 5.69 Å². The topological polar surface area (TPSA) is 94.5 Å². The minimum Gasteiger partial charge on any atom is -0.335 e. The maximum Gasteiger partial charge on any atom is 0.274 e. The normalized spacial score (nSPS) is 17.1. The first-order valence-electron chi connectivity index (χ1n) is 4.37. The number of hydrogen-bond acceptors (Lipinski definition) is 4. The highest BCUT2D eigenvalue weighted by atomic mass is 16.2. The zero-order chi connectivity index (χ0) is 9.97. The van der Waals surface area contributed by atoms with Crippen LogP contribution in [0.2, 0.25) is 0 Å².